The summed E-state index contributed by atoms with van der Waals surface area (Å²) in [5, 5.41) is 0. The summed E-state index contributed by atoms with van der Waals surface area (Å²) in [7, 11) is 0. The van der Waals surface area contributed by atoms with E-state index in [0.717, 1.165) is 11.3 Å². The summed E-state index contributed by atoms with van der Waals surface area (Å²) in [6.07, 6.45) is 4.81. The van der Waals surface area contributed by atoms with Crippen molar-refractivity contribution in [3.8, 4) is 11.3 Å². The van der Waals surface area contributed by atoms with Gasteiger partial charge >= 0.3 is 0 Å². The largest absolute Gasteiger partial charge is 0.341 e. The molecule has 0 spiro atoms. The van der Waals surface area contributed by atoms with Gasteiger partial charge in [-0.05, 0) is 37.7 Å². The lowest BCUT2D eigenvalue weighted by atomic mass is 9.85. The number of nitrogens with zero attached hydrogens (tertiary/aromatic N) is 3. The number of carbonyl (C=O) groups is 1. The first kappa shape index (κ1) is 20.0. The van der Waals surface area contributed by atoms with Crippen molar-refractivity contribution in [1.82, 2.24) is 14.5 Å². The van der Waals surface area contributed by atoms with Crippen LogP contribution >= 0.6 is 0 Å². The lowest BCUT2D eigenvalue weighted by molar-refractivity contribution is -0.136. The zero-order valence-electron chi connectivity index (χ0n) is 16.9. The van der Waals surface area contributed by atoms with Gasteiger partial charge in [-0.3, -0.25) is 4.79 Å². The summed E-state index contributed by atoms with van der Waals surface area (Å²) in [6.45, 7) is 4.58. The molecule has 2 aromatic rings. The van der Waals surface area contributed by atoms with Gasteiger partial charge in [-0.15, -0.1) is 0 Å². The first-order valence-corrected chi connectivity index (χ1v) is 10.3. The van der Waals surface area contributed by atoms with Crippen LogP contribution in [0.25, 0.3) is 11.3 Å². The van der Waals surface area contributed by atoms with Crippen molar-refractivity contribution in [1.29, 1.82) is 0 Å². The number of piperidine rings is 1. The predicted octanol–water partition coefficient (Wildman–Crippen LogP) is 3.69. The summed E-state index contributed by atoms with van der Waals surface area (Å²) >= 11 is 0. The zero-order valence-corrected chi connectivity index (χ0v) is 16.9. The topological polar surface area (TPSA) is 64.2 Å². The number of carbonyl (C=O) groups excluding carboxylic acids is 1. The van der Waals surface area contributed by atoms with Gasteiger partial charge in [0.2, 0.25) is 5.91 Å². The van der Waals surface area contributed by atoms with Gasteiger partial charge < -0.3 is 15.2 Å². The molecule has 1 aromatic heterocycles. The molecule has 0 bridgehead atoms. The standard InChI is InChI=1S/C22H28F2N4O/c1-14(2)20(25)21(29)27-10-8-22(24,9-11-27)7-6-17-19-15(4-3-5-16(19)23)18-12-26-13-28(17)18/h3-5,12-14,17,20H,6-11,25H2,1-2H3/t17?,20-/m0/s1. The molecule has 2 aliphatic heterocycles. The van der Waals surface area contributed by atoms with Crippen LogP contribution in [-0.4, -0.2) is 45.2 Å². The molecule has 5 nitrogen and oxygen atoms in total. The first-order chi connectivity index (χ1) is 13.8. The number of halogens is 2. The molecule has 2 aliphatic rings. The van der Waals surface area contributed by atoms with Crippen LogP contribution in [-0.2, 0) is 4.79 Å². The number of alkyl halides is 1. The molecule has 1 amide bonds. The summed E-state index contributed by atoms with van der Waals surface area (Å²) in [5.74, 6) is -0.301. The molecule has 1 unspecified atom stereocenters. The van der Waals surface area contributed by atoms with Crippen molar-refractivity contribution in [3.63, 3.8) is 0 Å². The number of fused-ring (bicyclic) bond motifs is 3. The minimum atomic E-state index is -1.35. The molecule has 1 fully saturated rings. The second-order valence-electron chi connectivity index (χ2n) is 8.69. The number of amides is 1. The summed E-state index contributed by atoms with van der Waals surface area (Å²) in [6, 6.07) is 4.25. The zero-order chi connectivity index (χ0) is 20.8. The number of hydrogen-bond donors (Lipinski definition) is 1. The highest BCUT2D eigenvalue weighted by molar-refractivity contribution is 5.82. The minimum absolute atomic E-state index is 0.0567. The highest BCUT2D eigenvalue weighted by Crippen LogP contribution is 2.44. The molecule has 7 heteroatoms. The summed E-state index contributed by atoms with van der Waals surface area (Å²) < 4.78 is 32.0. The molecule has 3 heterocycles. The maximum atomic E-state index is 15.5. The number of likely N-dealkylation sites (tertiary alicyclic amines) is 1. The van der Waals surface area contributed by atoms with Crippen LogP contribution in [0.15, 0.2) is 30.7 Å². The Hall–Kier alpha value is -2.28. The van der Waals surface area contributed by atoms with Gasteiger partial charge in [-0.25, -0.2) is 13.8 Å². The fourth-order valence-corrected chi connectivity index (χ4v) is 4.55. The van der Waals surface area contributed by atoms with Crippen molar-refractivity contribution in [2.75, 3.05) is 13.1 Å². The van der Waals surface area contributed by atoms with E-state index in [2.05, 4.69) is 4.98 Å². The average molecular weight is 402 g/mol. The van der Waals surface area contributed by atoms with Crippen molar-refractivity contribution >= 4 is 5.91 Å². The minimum Gasteiger partial charge on any atom is -0.341 e. The van der Waals surface area contributed by atoms with Gasteiger partial charge in [-0.2, -0.15) is 0 Å². The van der Waals surface area contributed by atoms with E-state index in [4.69, 9.17) is 5.73 Å². The molecule has 0 aliphatic carbocycles. The Balaban J connectivity index is 1.43. The van der Waals surface area contributed by atoms with E-state index >= 15 is 4.39 Å². The maximum Gasteiger partial charge on any atom is 0.239 e. The highest BCUT2D eigenvalue weighted by atomic mass is 19.1. The Labute approximate surface area is 169 Å². The van der Waals surface area contributed by atoms with Crippen LogP contribution in [0.2, 0.25) is 0 Å². The van der Waals surface area contributed by atoms with E-state index in [9.17, 15) is 9.18 Å². The van der Waals surface area contributed by atoms with Crippen LogP contribution in [0.5, 0.6) is 0 Å². The van der Waals surface area contributed by atoms with Crippen molar-refractivity contribution in [2.45, 2.75) is 57.3 Å². The third-order valence-electron chi connectivity index (χ3n) is 6.50. The van der Waals surface area contributed by atoms with Gasteiger partial charge in [0.25, 0.3) is 0 Å². The Morgan fingerprint density at radius 1 is 1.34 bits per heavy atom. The van der Waals surface area contributed by atoms with Crippen LogP contribution in [0.3, 0.4) is 0 Å². The lowest BCUT2D eigenvalue weighted by Gasteiger charge is -2.38. The van der Waals surface area contributed by atoms with Crippen molar-refractivity contribution in [3.05, 3.63) is 42.1 Å². The summed E-state index contributed by atoms with van der Waals surface area (Å²) in [5.41, 5.74) is 6.95. The highest BCUT2D eigenvalue weighted by Gasteiger charge is 2.39. The fraction of sp³-hybridized carbons (Fsp3) is 0.545. The molecule has 4 rings (SSSR count). The smallest absolute Gasteiger partial charge is 0.239 e. The summed E-state index contributed by atoms with van der Waals surface area (Å²) in [4.78, 5) is 18.3. The third-order valence-corrected chi connectivity index (χ3v) is 6.50. The number of benzene rings is 1. The Bertz CT molecular complexity index is 902. The SMILES string of the molecule is CC(C)[C@H](N)C(=O)N1CCC(F)(CCC2c3c(F)cccc3-c3cncn32)CC1. The molecule has 0 saturated carbocycles. The number of imidazole rings is 1. The molecule has 2 N–H and O–H groups in total. The number of aromatic nitrogens is 2. The Kier molecular flexibility index (Phi) is 5.19. The van der Waals surface area contributed by atoms with E-state index in [-0.39, 0.29) is 36.5 Å². The molecule has 1 saturated heterocycles. The molecule has 2 atom stereocenters. The van der Waals surface area contributed by atoms with Crippen LogP contribution < -0.4 is 5.73 Å². The van der Waals surface area contributed by atoms with E-state index < -0.39 is 11.7 Å². The molecule has 156 valence electrons. The second kappa shape index (κ2) is 7.52. The average Bonchev–Trinajstić information content (AvgIpc) is 3.28. The Morgan fingerprint density at radius 3 is 2.76 bits per heavy atom. The van der Waals surface area contributed by atoms with Gasteiger partial charge in [0.1, 0.15) is 11.5 Å². The lowest BCUT2D eigenvalue weighted by Crippen LogP contribution is -2.51. The van der Waals surface area contributed by atoms with E-state index in [1.807, 2.05) is 24.5 Å². The molecule has 29 heavy (non-hydrogen) atoms. The van der Waals surface area contributed by atoms with Gasteiger partial charge in [0, 0.05) is 24.2 Å². The van der Waals surface area contributed by atoms with Gasteiger partial charge in [0.05, 0.1) is 30.3 Å². The third kappa shape index (κ3) is 3.56. The van der Waals surface area contributed by atoms with Crippen LogP contribution in [0, 0.1) is 11.7 Å². The van der Waals surface area contributed by atoms with Gasteiger partial charge in [-0.1, -0.05) is 26.0 Å². The molecular weight excluding hydrogens is 374 g/mol. The molecular formula is C22H28F2N4O. The fourth-order valence-electron chi connectivity index (χ4n) is 4.55. The second-order valence-corrected chi connectivity index (χ2v) is 8.69. The van der Waals surface area contributed by atoms with Crippen LogP contribution in [0.4, 0.5) is 8.78 Å². The Morgan fingerprint density at radius 2 is 2.07 bits per heavy atom. The monoisotopic (exact) mass is 402 g/mol. The van der Waals surface area contributed by atoms with E-state index in [0.29, 0.717) is 31.5 Å². The maximum absolute atomic E-state index is 15.5. The first-order valence-electron chi connectivity index (χ1n) is 10.3. The number of rotatable bonds is 5. The van der Waals surface area contributed by atoms with E-state index in [1.165, 1.54) is 6.07 Å². The quantitative estimate of drug-likeness (QED) is 0.830. The molecule has 0 radical (unpaired) electrons. The molecule has 1 aromatic carbocycles. The van der Waals surface area contributed by atoms with Crippen LogP contribution in [0.1, 0.15) is 51.1 Å². The van der Waals surface area contributed by atoms with E-state index in [1.54, 1.807) is 23.5 Å². The predicted molar refractivity (Wildman–Crippen MR) is 107 cm³/mol. The van der Waals surface area contributed by atoms with Crippen molar-refractivity contribution < 1.29 is 13.6 Å². The van der Waals surface area contributed by atoms with Gasteiger partial charge in [0.15, 0.2) is 0 Å². The number of hydrogen-bond acceptors (Lipinski definition) is 3. The number of nitrogens with two attached hydrogens (primary N) is 1. The van der Waals surface area contributed by atoms with Crippen molar-refractivity contribution in [2.24, 2.45) is 11.7 Å². The normalized spacial score (nSPS) is 21.2.